The summed E-state index contributed by atoms with van der Waals surface area (Å²) in [6, 6.07) is 0. The van der Waals surface area contributed by atoms with Gasteiger partial charge in [-0.2, -0.15) is 0 Å². The van der Waals surface area contributed by atoms with Gasteiger partial charge < -0.3 is 134 Å². The van der Waals surface area contributed by atoms with E-state index in [1.54, 1.807) is 0 Å². The monoisotopic (exact) mass is 1250 g/mol. The van der Waals surface area contributed by atoms with Crippen molar-refractivity contribution in [3.8, 4) is 0 Å². The fourth-order valence-electron chi connectivity index (χ4n) is 17.5. The number of carbonyl (C=O) groups excluding carboxylic acids is 2. The second-order valence-corrected chi connectivity index (χ2v) is 28.0. The van der Waals surface area contributed by atoms with Gasteiger partial charge in [0, 0.05) is 0 Å². The Hall–Kier alpha value is -2.32. The molecule has 5 aliphatic carbocycles. The van der Waals surface area contributed by atoms with Crippen LogP contribution < -0.4 is 0 Å². The Kier molecular flexibility index (Phi) is 19.1. The van der Waals surface area contributed by atoms with E-state index < -0.39 is 237 Å². The lowest BCUT2D eigenvalue weighted by molar-refractivity contribution is -0.372. The SMILES string of the molecule is COC(=O)[C@]1(CO)[C@H](O[C@H]2O[C@@H](CO)[C@@H](O)[C@@H](O)[C@@H]2O)[C@@H](O)C[C@]2(C)[C@@H]1CC[C@@]1(C)[C@H]2CC=C2[C@H]3CC(C)(C)CC[C@@]3(C(=O)O[C@@H]3OC[C@@H](O)[C@H](O)[C@@H]3O[C@@H]3O[C@H](C)[C@@H](O[C@@H]4OC[C@H](O)[C@H](O[C@@H]5OC[C@@](O)(CO)[C@@H]5O)[C@H]4O)[C@H](O)[C@H]3O)[C@@H](O)C[C@]21C. The molecule has 5 saturated heterocycles. The van der Waals surface area contributed by atoms with Crippen LogP contribution in [0.1, 0.15) is 92.9 Å². The highest BCUT2D eigenvalue weighted by Crippen LogP contribution is 2.76. The molecule has 498 valence electrons. The molecule has 0 amide bonds. The van der Waals surface area contributed by atoms with Crippen molar-refractivity contribution in [3.05, 3.63) is 11.6 Å². The molecule has 0 aromatic heterocycles. The highest BCUT2D eigenvalue weighted by Gasteiger charge is 2.75. The summed E-state index contributed by atoms with van der Waals surface area (Å²) in [6.45, 7) is 7.57. The number of ether oxygens (including phenoxy) is 11. The normalized spacial score (nSPS) is 54.0. The summed E-state index contributed by atoms with van der Waals surface area (Å²) in [7, 11) is 1.14. The molecule has 0 bridgehead atoms. The maximum Gasteiger partial charge on any atom is 0.317 e. The van der Waals surface area contributed by atoms with Crippen molar-refractivity contribution >= 4 is 11.9 Å². The highest BCUT2D eigenvalue weighted by atomic mass is 16.8. The average Bonchev–Trinajstić information content (AvgIpc) is 0.943. The average molecular weight is 1250 g/mol. The minimum absolute atomic E-state index is 0.000485. The van der Waals surface area contributed by atoms with Crippen LogP contribution in [-0.4, -0.2) is 287 Å². The zero-order valence-corrected chi connectivity index (χ0v) is 50.0. The molecule has 32 atom stereocenters. The third-order valence-electron chi connectivity index (χ3n) is 22.7. The second kappa shape index (κ2) is 24.5. The van der Waals surface area contributed by atoms with Gasteiger partial charge in [-0.05, 0) is 97.7 Å². The summed E-state index contributed by atoms with van der Waals surface area (Å²) in [6.07, 6.45) is -34.3. The molecule has 0 aromatic rings. The van der Waals surface area contributed by atoms with Crippen LogP contribution in [0.5, 0.6) is 0 Å². The van der Waals surface area contributed by atoms with Crippen LogP contribution in [0, 0.1) is 50.2 Å². The van der Waals surface area contributed by atoms with E-state index in [-0.39, 0.29) is 37.0 Å². The van der Waals surface area contributed by atoms with Crippen LogP contribution in [0.15, 0.2) is 11.6 Å². The Morgan fingerprint density at radius 2 is 1.25 bits per heavy atom. The topological polar surface area (TPSA) is 459 Å². The first kappa shape index (κ1) is 67.6. The van der Waals surface area contributed by atoms with Crippen molar-refractivity contribution < 1.29 is 143 Å². The standard InChI is InChI=1S/C58H92O29/c1-23-40(83-45-39(72)41(28(64)19-78-45)84-49-43(73)56(76,20-60)22-80-49)36(69)38(71)46(81-23)85-42-33(66)27(63)18-79-48(42)87-51(75)57-13-12-52(2,3)14-25(57)24-8-9-30-53(4)15-26(62)44(86-47-37(70)35(68)34(67)29(17-59)82-47)58(21-61,50(74)77-7)31(53)10-11-54(30,5)55(24,6)16-32(57)65/h8,23,25-49,59-73,76H,9-22H2,1-7H3/t23-,25-,26+,27-,28+,29+,30+,31+,32+,33+,34-,35-,36-,37+,38-,39-,40-,41+,42+,43-,44-,45+,46+,47-,48+,49+,53+,54+,55-,56+,57+,58+/m1/s1. The number of allylic oxidation sites excluding steroid dienone is 2. The summed E-state index contributed by atoms with van der Waals surface area (Å²) >= 11 is 0. The van der Waals surface area contributed by atoms with Crippen molar-refractivity contribution in [2.24, 2.45) is 50.2 Å². The molecule has 0 spiro atoms. The number of methoxy groups -OCH3 is 1. The molecule has 87 heavy (non-hydrogen) atoms. The van der Waals surface area contributed by atoms with Crippen LogP contribution in [0.25, 0.3) is 0 Å². The van der Waals surface area contributed by atoms with Crippen molar-refractivity contribution in [1.82, 2.24) is 0 Å². The van der Waals surface area contributed by atoms with E-state index in [4.69, 9.17) is 52.1 Å². The minimum atomic E-state index is -2.08. The van der Waals surface area contributed by atoms with Crippen LogP contribution in [0.2, 0.25) is 0 Å². The number of fused-ring (bicyclic) bond motifs is 7. The molecule has 0 aromatic carbocycles. The lowest BCUT2D eigenvalue weighted by Gasteiger charge is -2.72. The predicted molar refractivity (Wildman–Crippen MR) is 287 cm³/mol. The molecule has 0 radical (unpaired) electrons. The van der Waals surface area contributed by atoms with Gasteiger partial charge in [-0.3, -0.25) is 9.59 Å². The first-order chi connectivity index (χ1) is 40.8. The molecular formula is C58H92O29. The lowest BCUT2D eigenvalue weighted by Crippen LogP contribution is -2.72. The quantitative estimate of drug-likeness (QED) is 0.0439. The summed E-state index contributed by atoms with van der Waals surface area (Å²) < 4.78 is 63.9. The van der Waals surface area contributed by atoms with E-state index in [1.807, 2.05) is 6.92 Å². The van der Waals surface area contributed by atoms with Crippen molar-refractivity contribution in [1.29, 1.82) is 0 Å². The fraction of sp³-hybridized carbons (Fsp3) is 0.931. The van der Waals surface area contributed by atoms with Gasteiger partial charge in [0.1, 0.15) is 102 Å². The molecule has 0 unspecified atom stereocenters. The van der Waals surface area contributed by atoms with Crippen LogP contribution >= 0.6 is 0 Å². The third-order valence-corrected chi connectivity index (χ3v) is 22.7. The molecule has 29 nitrogen and oxygen atoms in total. The van der Waals surface area contributed by atoms with Gasteiger partial charge in [-0.15, -0.1) is 0 Å². The van der Waals surface area contributed by atoms with E-state index in [9.17, 15) is 86.5 Å². The van der Waals surface area contributed by atoms with Gasteiger partial charge in [0.25, 0.3) is 0 Å². The Labute approximate surface area is 502 Å². The molecule has 5 aliphatic heterocycles. The first-order valence-electron chi connectivity index (χ1n) is 30.3. The molecule has 10 aliphatic rings. The van der Waals surface area contributed by atoms with Gasteiger partial charge in [0.05, 0.1) is 65.1 Å². The summed E-state index contributed by atoms with van der Waals surface area (Å²) in [5.41, 5.74) is -7.73. The number of aliphatic hydroxyl groups excluding tert-OH is 15. The van der Waals surface area contributed by atoms with Crippen LogP contribution in [0.3, 0.4) is 0 Å². The molecular weight excluding hydrogens is 1160 g/mol. The fourth-order valence-corrected chi connectivity index (χ4v) is 17.5. The van der Waals surface area contributed by atoms with Crippen molar-refractivity contribution in [2.45, 2.75) is 240 Å². The van der Waals surface area contributed by atoms with E-state index in [1.165, 1.54) is 6.92 Å². The number of rotatable bonds is 14. The third kappa shape index (κ3) is 10.8. The second-order valence-electron chi connectivity index (χ2n) is 28.0. The largest absolute Gasteiger partial charge is 0.468 e. The first-order valence-corrected chi connectivity index (χ1v) is 30.3. The number of carbonyl (C=O) groups is 2. The Bertz CT molecular complexity index is 2490. The summed E-state index contributed by atoms with van der Waals surface area (Å²) in [4.78, 5) is 29.9. The number of hydrogen-bond acceptors (Lipinski definition) is 29. The molecule has 4 saturated carbocycles. The predicted octanol–water partition coefficient (Wildman–Crippen LogP) is -5.20. The summed E-state index contributed by atoms with van der Waals surface area (Å²) in [5.74, 6) is -3.57. The van der Waals surface area contributed by atoms with Gasteiger partial charge in [0.15, 0.2) is 31.3 Å². The zero-order chi connectivity index (χ0) is 63.6. The maximum atomic E-state index is 15.5. The van der Waals surface area contributed by atoms with Gasteiger partial charge in [-0.1, -0.05) is 46.3 Å². The van der Waals surface area contributed by atoms with Crippen molar-refractivity contribution in [3.63, 3.8) is 0 Å². The molecule has 5 heterocycles. The maximum absolute atomic E-state index is 15.5. The van der Waals surface area contributed by atoms with Crippen molar-refractivity contribution in [2.75, 3.05) is 46.8 Å². The molecule has 16 N–H and O–H groups in total. The van der Waals surface area contributed by atoms with E-state index in [2.05, 4.69) is 33.8 Å². The van der Waals surface area contributed by atoms with Gasteiger partial charge in [-0.25, -0.2) is 0 Å². The highest BCUT2D eigenvalue weighted by molar-refractivity contribution is 5.80. The zero-order valence-electron chi connectivity index (χ0n) is 50.0. The van der Waals surface area contributed by atoms with Crippen LogP contribution in [0.4, 0.5) is 0 Å². The summed E-state index contributed by atoms with van der Waals surface area (Å²) in [5, 5.41) is 177. The molecule has 10 rings (SSSR count). The smallest absolute Gasteiger partial charge is 0.317 e. The van der Waals surface area contributed by atoms with Gasteiger partial charge in [0.2, 0.25) is 6.29 Å². The van der Waals surface area contributed by atoms with Gasteiger partial charge >= 0.3 is 11.9 Å². The lowest BCUT2D eigenvalue weighted by atomic mass is 9.33. The number of aliphatic hydroxyl groups is 16. The Balaban J connectivity index is 0.877. The van der Waals surface area contributed by atoms with E-state index >= 15 is 4.79 Å². The Morgan fingerprint density at radius 3 is 1.91 bits per heavy atom. The van der Waals surface area contributed by atoms with Crippen LogP contribution in [-0.2, 0) is 61.7 Å². The molecule has 29 heteroatoms. The Morgan fingerprint density at radius 1 is 0.609 bits per heavy atom. The number of esters is 2. The van der Waals surface area contributed by atoms with E-state index in [0.29, 0.717) is 25.7 Å². The van der Waals surface area contributed by atoms with E-state index in [0.717, 1.165) is 12.7 Å². The number of hydrogen-bond donors (Lipinski definition) is 16. The molecule has 9 fully saturated rings. The minimum Gasteiger partial charge on any atom is -0.468 e.